The zero-order chi connectivity index (χ0) is 11.7. The molecule has 7 heteroatoms. The molecule has 0 aliphatic carbocycles. The van der Waals surface area contributed by atoms with E-state index in [4.69, 9.17) is 5.11 Å². The van der Waals surface area contributed by atoms with Crippen molar-refractivity contribution in [2.75, 3.05) is 0 Å². The molecule has 2 heterocycles. The molecule has 0 saturated heterocycles. The van der Waals surface area contributed by atoms with Crippen LogP contribution in [-0.4, -0.2) is 25.6 Å². The molecule has 2 rings (SSSR count). The van der Waals surface area contributed by atoms with E-state index in [2.05, 4.69) is 9.97 Å². The molecule has 0 aliphatic heterocycles. The Balaban J connectivity index is 2.34. The summed E-state index contributed by atoms with van der Waals surface area (Å²) in [5.74, 6) is -1.06. The van der Waals surface area contributed by atoms with E-state index in [1.54, 1.807) is 13.1 Å². The smallest absolute Gasteiger partial charge is 0.355 e. The molecule has 2 N–H and O–H groups in total. The molecule has 0 aromatic carbocycles. The van der Waals surface area contributed by atoms with Crippen molar-refractivity contribution >= 4 is 17.3 Å². The van der Waals surface area contributed by atoms with Crippen LogP contribution in [0.4, 0.5) is 0 Å². The van der Waals surface area contributed by atoms with Gasteiger partial charge in [0.2, 0.25) is 0 Å². The van der Waals surface area contributed by atoms with Crippen molar-refractivity contribution in [2.24, 2.45) is 0 Å². The third-order valence-corrected chi connectivity index (χ3v) is 3.21. The molecule has 0 saturated carbocycles. The van der Waals surface area contributed by atoms with Crippen LogP contribution in [0.3, 0.4) is 0 Å². The summed E-state index contributed by atoms with van der Waals surface area (Å²) in [6.45, 7) is 1.79. The summed E-state index contributed by atoms with van der Waals surface area (Å²) < 4.78 is 1.46. The van der Waals surface area contributed by atoms with Gasteiger partial charge in [-0.15, -0.1) is 11.3 Å². The number of imidazole rings is 1. The second-order valence-corrected chi connectivity index (χ2v) is 4.11. The number of rotatable bonds is 3. The number of carbonyl (C=O) groups is 1. The summed E-state index contributed by atoms with van der Waals surface area (Å²) in [4.78, 5) is 28.5. The van der Waals surface area contributed by atoms with Crippen LogP contribution >= 0.6 is 11.3 Å². The quantitative estimate of drug-likeness (QED) is 0.834. The number of hydrogen-bond acceptors (Lipinski definition) is 4. The van der Waals surface area contributed by atoms with Gasteiger partial charge in [-0.3, -0.25) is 4.57 Å². The molecule has 1 atom stereocenters. The number of aromatic carboxylic acids is 1. The number of nitrogens with zero attached hydrogens (tertiary/aromatic N) is 2. The number of H-pyrrole nitrogens is 1. The van der Waals surface area contributed by atoms with Crippen LogP contribution in [0.1, 0.15) is 28.5 Å². The van der Waals surface area contributed by atoms with Crippen LogP contribution in [0.15, 0.2) is 22.6 Å². The van der Waals surface area contributed by atoms with Gasteiger partial charge in [0, 0.05) is 17.8 Å². The topological polar surface area (TPSA) is 88.0 Å². The van der Waals surface area contributed by atoms with Crippen molar-refractivity contribution < 1.29 is 9.90 Å². The highest BCUT2D eigenvalue weighted by atomic mass is 32.1. The highest BCUT2D eigenvalue weighted by Crippen LogP contribution is 2.20. The van der Waals surface area contributed by atoms with Gasteiger partial charge in [-0.25, -0.2) is 14.6 Å². The molecule has 0 aliphatic rings. The molecule has 2 aromatic rings. The van der Waals surface area contributed by atoms with Gasteiger partial charge in [0.15, 0.2) is 5.69 Å². The van der Waals surface area contributed by atoms with Gasteiger partial charge in [-0.1, -0.05) is 0 Å². The molecule has 1 unspecified atom stereocenters. The lowest BCUT2D eigenvalue weighted by Crippen LogP contribution is -2.20. The Morgan fingerprint density at radius 2 is 2.44 bits per heavy atom. The van der Waals surface area contributed by atoms with Crippen LogP contribution in [0, 0.1) is 0 Å². The van der Waals surface area contributed by atoms with Crippen LogP contribution in [0.25, 0.3) is 0 Å². The molecular weight excluding hydrogens is 230 g/mol. The van der Waals surface area contributed by atoms with Gasteiger partial charge in [-0.05, 0) is 6.92 Å². The molecular formula is C9H9N3O3S. The fourth-order valence-corrected chi connectivity index (χ4v) is 2.18. The van der Waals surface area contributed by atoms with Crippen molar-refractivity contribution in [2.45, 2.75) is 13.0 Å². The largest absolute Gasteiger partial charge is 0.476 e. The Morgan fingerprint density at radius 1 is 1.69 bits per heavy atom. The zero-order valence-electron chi connectivity index (χ0n) is 8.38. The molecule has 0 spiro atoms. The Hall–Kier alpha value is -1.89. The second kappa shape index (κ2) is 3.93. The summed E-state index contributed by atoms with van der Waals surface area (Å²) in [7, 11) is 0. The van der Waals surface area contributed by atoms with Crippen molar-refractivity contribution in [1.82, 2.24) is 14.5 Å². The number of carboxylic acid groups (broad SMARTS) is 1. The number of carboxylic acids is 1. The molecule has 2 aromatic heterocycles. The Morgan fingerprint density at radius 3 is 2.94 bits per heavy atom. The second-order valence-electron chi connectivity index (χ2n) is 3.22. The van der Waals surface area contributed by atoms with Gasteiger partial charge in [0.25, 0.3) is 0 Å². The first-order valence-corrected chi connectivity index (χ1v) is 5.42. The summed E-state index contributed by atoms with van der Waals surface area (Å²) >= 11 is 1.23. The Kier molecular flexibility index (Phi) is 2.61. The first-order chi connectivity index (χ1) is 7.59. The lowest BCUT2D eigenvalue weighted by atomic mass is 10.3. The fraction of sp³-hybridized carbons (Fsp3) is 0.222. The minimum Gasteiger partial charge on any atom is -0.476 e. The van der Waals surface area contributed by atoms with Gasteiger partial charge in [-0.2, -0.15) is 0 Å². The van der Waals surface area contributed by atoms with Gasteiger partial charge in [0.05, 0.1) is 6.04 Å². The third-order valence-electron chi connectivity index (χ3n) is 2.19. The predicted molar refractivity (Wildman–Crippen MR) is 57.9 cm³/mol. The van der Waals surface area contributed by atoms with E-state index >= 15 is 0 Å². The van der Waals surface area contributed by atoms with Crippen LogP contribution < -0.4 is 5.69 Å². The Labute approximate surface area is 94.2 Å². The predicted octanol–water partition coefficient (Wildman–Crippen LogP) is 0.940. The minimum absolute atomic E-state index is 0.00966. The maximum absolute atomic E-state index is 11.3. The molecule has 84 valence electrons. The number of aromatic nitrogens is 3. The maximum atomic E-state index is 11.3. The van der Waals surface area contributed by atoms with Gasteiger partial charge >= 0.3 is 11.7 Å². The van der Waals surface area contributed by atoms with E-state index in [1.807, 2.05) is 0 Å². The Bertz CT molecular complexity index is 568. The summed E-state index contributed by atoms with van der Waals surface area (Å²) in [5, 5.41) is 10.8. The lowest BCUT2D eigenvalue weighted by Gasteiger charge is -2.07. The fourth-order valence-electron chi connectivity index (χ4n) is 1.33. The summed E-state index contributed by atoms with van der Waals surface area (Å²) in [6.07, 6.45) is 3.14. The van der Waals surface area contributed by atoms with Crippen LogP contribution in [-0.2, 0) is 0 Å². The van der Waals surface area contributed by atoms with Crippen molar-refractivity contribution in [3.05, 3.63) is 39.0 Å². The average Bonchev–Trinajstić information content (AvgIpc) is 2.84. The normalized spacial score (nSPS) is 12.6. The van der Waals surface area contributed by atoms with E-state index in [0.29, 0.717) is 5.01 Å². The van der Waals surface area contributed by atoms with E-state index < -0.39 is 5.97 Å². The summed E-state index contributed by atoms with van der Waals surface area (Å²) in [6, 6.07) is -0.267. The molecule has 0 bridgehead atoms. The maximum Gasteiger partial charge on any atom is 0.355 e. The number of thiazole rings is 1. The highest BCUT2D eigenvalue weighted by Gasteiger charge is 2.16. The summed E-state index contributed by atoms with van der Waals surface area (Å²) in [5.41, 5.74) is -0.227. The van der Waals surface area contributed by atoms with Gasteiger partial charge < -0.3 is 10.1 Å². The van der Waals surface area contributed by atoms with Crippen LogP contribution in [0.2, 0.25) is 0 Å². The lowest BCUT2D eigenvalue weighted by molar-refractivity contribution is 0.0691. The van der Waals surface area contributed by atoms with Crippen LogP contribution in [0.5, 0.6) is 0 Å². The van der Waals surface area contributed by atoms with E-state index in [-0.39, 0.29) is 17.4 Å². The average molecular weight is 239 g/mol. The monoisotopic (exact) mass is 239 g/mol. The molecule has 16 heavy (non-hydrogen) atoms. The standard InChI is InChI=1S/C9H9N3O3S/c1-5(12-3-2-10-9(12)15)7-11-6(4-16-7)8(13)14/h2-5H,1H3,(H,10,15)(H,13,14). The van der Waals surface area contributed by atoms with Gasteiger partial charge in [0.1, 0.15) is 5.01 Å². The van der Waals surface area contributed by atoms with E-state index in [9.17, 15) is 9.59 Å². The van der Waals surface area contributed by atoms with E-state index in [1.165, 1.54) is 27.5 Å². The SMILES string of the molecule is CC(c1nc(C(=O)O)cs1)n1cc[nH]c1=O. The van der Waals surface area contributed by atoms with Crippen molar-refractivity contribution in [1.29, 1.82) is 0 Å². The van der Waals surface area contributed by atoms with E-state index in [0.717, 1.165) is 0 Å². The van der Waals surface area contributed by atoms with Crippen molar-refractivity contribution in [3.8, 4) is 0 Å². The zero-order valence-corrected chi connectivity index (χ0v) is 9.19. The van der Waals surface area contributed by atoms with Crippen molar-refractivity contribution in [3.63, 3.8) is 0 Å². The molecule has 0 radical (unpaired) electrons. The first kappa shape index (κ1) is 10.6. The third kappa shape index (κ3) is 1.76. The first-order valence-electron chi connectivity index (χ1n) is 4.54. The molecule has 6 nitrogen and oxygen atoms in total. The highest BCUT2D eigenvalue weighted by molar-refractivity contribution is 7.09. The molecule has 0 fully saturated rings. The number of hydrogen-bond donors (Lipinski definition) is 2. The number of nitrogens with one attached hydrogen (secondary N) is 1. The number of aromatic amines is 1. The minimum atomic E-state index is -1.06. The molecule has 0 amide bonds.